The van der Waals surface area contributed by atoms with Crippen molar-refractivity contribution in [2.24, 2.45) is 5.92 Å². The summed E-state index contributed by atoms with van der Waals surface area (Å²) in [4.78, 5) is 76.1. The molecule has 6 rings (SSSR count). The normalized spacial score (nSPS) is 22.6. The number of nitrogens with zero attached hydrogens (tertiary/aromatic N) is 3. The SMILES string of the molecule is C=C[C@@H]1C[C@]1(NC(=O)[C@@H]1C[C@@H](Oc2cc(-c3csc(NC(C)=O)n3)nc3cc(OC)c(C)cc23)CN1C(=O)[C@@H](NC(=O)NC1CCCC1)C(=C)C)C(=O)O. The number of rotatable bonds is 13. The quantitative estimate of drug-likeness (QED) is 0.156. The molecule has 3 aliphatic rings. The van der Waals surface area contributed by atoms with E-state index in [0.29, 0.717) is 44.5 Å². The molecule has 16 heteroatoms. The number of carbonyl (C=O) groups excluding carboxylic acids is 4. The molecule has 2 aliphatic carbocycles. The number of hydrogen-bond donors (Lipinski definition) is 5. The van der Waals surface area contributed by atoms with Crippen molar-refractivity contribution >= 4 is 57.1 Å². The molecule has 15 nitrogen and oxygen atoms in total. The predicted octanol–water partition coefficient (Wildman–Crippen LogP) is 4.31. The van der Waals surface area contributed by atoms with Crippen LogP contribution in [0.5, 0.6) is 11.5 Å². The molecule has 0 unspecified atom stereocenters. The number of carbonyl (C=O) groups is 5. The topological polar surface area (TPSA) is 201 Å². The van der Waals surface area contributed by atoms with Crippen molar-refractivity contribution < 1.29 is 38.6 Å². The summed E-state index contributed by atoms with van der Waals surface area (Å²) in [5.74, 6) is -2.17. The Bertz CT molecular complexity index is 2030. The molecule has 2 saturated carbocycles. The van der Waals surface area contributed by atoms with Gasteiger partial charge in [0, 0.05) is 48.2 Å². The van der Waals surface area contributed by atoms with Gasteiger partial charge in [-0.1, -0.05) is 25.5 Å². The maximum atomic E-state index is 14.3. The smallest absolute Gasteiger partial charge is 0.330 e. The number of amides is 5. The Balaban J connectivity index is 1.33. The molecule has 1 aromatic carbocycles. The first-order valence-corrected chi connectivity index (χ1v) is 18.7. The average Bonchev–Trinajstić information content (AvgIpc) is 3.53. The fourth-order valence-corrected chi connectivity index (χ4v) is 7.99. The van der Waals surface area contributed by atoms with Gasteiger partial charge in [0.15, 0.2) is 5.13 Å². The van der Waals surface area contributed by atoms with Crippen LogP contribution in [0.1, 0.15) is 57.9 Å². The minimum absolute atomic E-state index is 0.00229. The lowest BCUT2D eigenvalue weighted by atomic mass is 10.1. The van der Waals surface area contributed by atoms with Crippen LogP contribution in [-0.4, -0.2) is 93.1 Å². The number of hydrogen-bond acceptors (Lipinski definition) is 10. The van der Waals surface area contributed by atoms with E-state index < -0.39 is 53.5 Å². The van der Waals surface area contributed by atoms with E-state index in [1.165, 1.54) is 29.2 Å². The molecule has 3 aromatic rings. The highest BCUT2D eigenvalue weighted by molar-refractivity contribution is 7.14. The van der Waals surface area contributed by atoms with Crippen molar-refractivity contribution in [3.8, 4) is 22.9 Å². The van der Waals surface area contributed by atoms with Gasteiger partial charge in [0.25, 0.3) is 0 Å². The van der Waals surface area contributed by atoms with Gasteiger partial charge in [-0.15, -0.1) is 17.9 Å². The number of fused-ring (bicyclic) bond motifs is 1. The number of pyridine rings is 1. The second-order valence-corrected chi connectivity index (χ2v) is 15.1. The standard InChI is InChI=1S/C38H45N7O8S/c1-7-22-16-38(22,35(49)50)44-33(47)29-13-24(17-45(29)34(48)32(19(2)3)43-36(51)40-23-10-8-9-11-23)53-31-15-27(28-18-54-37(42-28)39-21(5)46)41-26-14-30(52-6)20(4)12-25(26)31/h7,12,14-15,18,22-24,29,32H,1-2,8-11,13,16-17H2,3-6H3,(H,44,47)(H,49,50)(H,39,42,46)(H2,40,43,51)/t22-,24-,29+,32+,38-/m1/s1. The second-order valence-electron chi connectivity index (χ2n) is 14.2. The zero-order valence-electron chi connectivity index (χ0n) is 30.7. The van der Waals surface area contributed by atoms with Crippen LogP contribution in [0.3, 0.4) is 0 Å². The van der Waals surface area contributed by atoms with Crippen LogP contribution in [-0.2, 0) is 19.2 Å². The van der Waals surface area contributed by atoms with Gasteiger partial charge >= 0.3 is 12.0 Å². The molecule has 5 atom stereocenters. The zero-order chi connectivity index (χ0) is 38.9. The number of urea groups is 1. The Hall–Kier alpha value is -5.51. The summed E-state index contributed by atoms with van der Waals surface area (Å²) in [7, 11) is 1.56. The fourth-order valence-electron chi connectivity index (χ4n) is 7.24. The van der Waals surface area contributed by atoms with Gasteiger partial charge in [-0.05, 0) is 50.3 Å². The molecule has 0 spiro atoms. The minimum atomic E-state index is -1.53. The number of thiazole rings is 1. The highest BCUT2D eigenvalue weighted by atomic mass is 32.1. The number of carboxylic acids is 1. The van der Waals surface area contributed by atoms with E-state index in [2.05, 4.69) is 39.4 Å². The summed E-state index contributed by atoms with van der Waals surface area (Å²) >= 11 is 1.24. The minimum Gasteiger partial charge on any atom is -0.496 e. The van der Waals surface area contributed by atoms with Crippen LogP contribution in [0, 0.1) is 12.8 Å². The molecule has 0 bridgehead atoms. The highest BCUT2D eigenvalue weighted by Crippen LogP contribution is 2.45. The van der Waals surface area contributed by atoms with Gasteiger partial charge in [-0.2, -0.15) is 0 Å². The van der Waals surface area contributed by atoms with E-state index in [1.807, 2.05) is 13.0 Å². The Labute approximate surface area is 316 Å². The van der Waals surface area contributed by atoms with Crippen LogP contribution in [0.2, 0.25) is 0 Å². The number of ether oxygens (including phenoxy) is 2. The van der Waals surface area contributed by atoms with Gasteiger partial charge in [-0.3, -0.25) is 14.4 Å². The summed E-state index contributed by atoms with van der Waals surface area (Å²) in [5, 5.41) is 23.9. The van der Waals surface area contributed by atoms with Gasteiger partial charge in [-0.25, -0.2) is 19.6 Å². The second kappa shape index (κ2) is 15.5. The van der Waals surface area contributed by atoms with Crippen molar-refractivity contribution in [2.45, 2.75) is 89.1 Å². The lowest BCUT2D eigenvalue weighted by Gasteiger charge is -2.30. The third-order valence-corrected chi connectivity index (χ3v) is 11.0. The number of aliphatic carboxylic acids is 1. The Kier molecular flexibility index (Phi) is 10.9. The average molecular weight is 760 g/mol. The van der Waals surface area contributed by atoms with Crippen LogP contribution in [0.25, 0.3) is 22.3 Å². The molecule has 0 radical (unpaired) electrons. The summed E-state index contributed by atoms with van der Waals surface area (Å²) in [5.41, 5.74) is 1.11. The van der Waals surface area contributed by atoms with E-state index in [1.54, 1.807) is 31.5 Å². The third kappa shape index (κ3) is 7.88. The van der Waals surface area contributed by atoms with Crippen molar-refractivity contribution in [3.63, 3.8) is 0 Å². The molecule has 1 saturated heterocycles. The first-order chi connectivity index (χ1) is 25.7. The Morgan fingerprint density at radius 3 is 2.46 bits per heavy atom. The lowest BCUT2D eigenvalue weighted by molar-refractivity contribution is -0.145. The maximum Gasteiger partial charge on any atom is 0.330 e. The number of likely N-dealkylation sites (tertiary alicyclic amines) is 1. The molecular formula is C38H45N7O8S. The van der Waals surface area contributed by atoms with Crippen LogP contribution < -0.4 is 30.7 Å². The number of aryl methyl sites for hydroxylation is 1. The first kappa shape index (κ1) is 38.2. The predicted molar refractivity (Wildman–Crippen MR) is 202 cm³/mol. The van der Waals surface area contributed by atoms with Gasteiger partial charge < -0.3 is 40.7 Å². The van der Waals surface area contributed by atoms with Gasteiger partial charge in [0.05, 0.1) is 24.9 Å². The number of carboxylic acid groups (broad SMARTS) is 1. The van der Waals surface area contributed by atoms with Crippen molar-refractivity contribution in [1.82, 2.24) is 30.8 Å². The lowest BCUT2D eigenvalue weighted by Crippen LogP contribution is -2.57. The molecule has 2 aromatic heterocycles. The van der Waals surface area contributed by atoms with Crippen molar-refractivity contribution in [1.29, 1.82) is 0 Å². The van der Waals surface area contributed by atoms with Crippen molar-refractivity contribution in [3.05, 3.63) is 53.9 Å². The third-order valence-electron chi connectivity index (χ3n) is 10.2. The van der Waals surface area contributed by atoms with Crippen molar-refractivity contribution in [2.75, 3.05) is 19.0 Å². The molecule has 54 heavy (non-hydrogen) atoms. The maximum absolute atomic E-state index is 14.3. The Morgan fingerprint density at radius 2 is 1.83 bits per heavy atom. The summed E-state index contributed by atoms with van der Waals surface area (Å²) in [6.45, 7) is 12.5. The number of methoxy groups -OCH3 is 1. The highest BCUT2D eigenvalue weighted by Gasteiger charge is 2.61. The number of aromatic nitrogens is 2. The van der Waals surface area contributed by atoms with E-state index in [9.17, 15) is 29.1 Å². The molecule has 5 N–H and O–H groups in total. The number of anilines is 1. The van der Waals surface area contributed by atoms with Crippen LogP contribution >= 0.6 is 11.3 Å². The van der Waals surface area contributed by atoms with Crippen LogP contribution in [0.4, 0.5) is 9.93 Å². The first-order valence-electron chi connectivity index (χ1n) is 17.8. The number of benzene rings is 1. The molecule has 286 valence electrons. The summed E-state index contributed by atoms with van der Waals surface area (Å²) in [6.07, 6.45) is 4.64. The van der Waals surface area contributed by atoms with E-state index in [4.69, 9.17) is 14.5 Å². The van der Waals surface area contributed by atoms with Gasteiger partial charge in [0.2, 0.25) is 17.7 Å². The van der Waals surface area contributed by atoms with E-state index in [0.717, 1.165) is 31.2 Å². The summed E-state index contributed by atoms with van der Waals surface area (Å²) < 4.78 is 12.2. The zero-order valence-corrected chi connectivity index (χ0v) is 31.5. The molecule has 3 heterocycles. The van der Waals surface area contributed by atoms with E-state index in [-0.39, 0.29) is 31.3 Å². The number of nitrogens with one attached hydrogen (secondary N) is 4. The largest absolute Gasteiger partial charge is 0.496 e. The van der Waals surface area contributed by atoms with Gasteiger partial charge in [0.1, 0.15) is 40.9 Å². The molecule has 3 fully saturated rings. The fraction of sp³-hybridized carbons (Fsp3) is 0.447. The Morgan fingerprint density at radius 1 is 1.09 bits per heavy atom. The van der Waals surface area contributed by atoms with Crippen LogP contribution in [0.15, 0.2) is 48.4 Å². The molecule has 1 aliphatic heterocycles. The molecule has 5 amide bonds. The van der Waals surface area contributed by atoms with E-state index >= 15 is 0 Å². The summed E-state index contributed by atoms with van der Waals surface area (Å²) in [6, 6.07) is 2.54. The molecular weight excluding hydrogens is 715 g/mol. The monoisotopic (exact) mass is 759 g/mol.